The van der Waals surface area contributed by atoms with Crippen molar-refractivity contribution in [3.63, 3.8) is 0 Å². The van der Waals surface area contributed by atoms with Crippen LogP contribution in [0, 0.1) is 25.7 Å². The van der Waals surface area contributed by atoms with Gasteiger partial charge >= 0.3 is 0 Å². The van der Waals surface area contributed by atoms with Crippen LogP contribution < -0.4 is 4.74 Å². The Morgan fingerprint density at radius 2 is 1.88 bits per heavy atom. The minimum absolute atomic E-state index is 0.0745. The van der Waals surface area contributed by atoms with E-state index in [1.54, 1.807) is 4.57 Å². The number of rotatable bonds is 6. The molecule has 0 amide bonds. The summed E-state index contributed by atoms with van der Waals surface area (Å²) in [5.74, 6) is 0.792. The molecule has 2 aromatic carbocycles. The molecule has 1 N–H and O–H groups in total. The molecule has 0 saturated carbocycles. The van der Waals surface area contributed by atoms with Crippen molar-refractivity contribution in [1.29, 1.82) is 0 Å². The monoisotopic (exact) mass is 338 g/mol. The van der Waals surface area contributed by atoms with E-state index in [2.05, 4.69) is 5.18 Å². The molecule has 5 nitrogen and oxygen atoms in total. The van der Waals surface area contributed by atoms with Gasteiger partial charge in [0.05, 0.1) is 12.1 Å². The summed E-state index contributed by atoms with van der Waals surface area (Å²) in [6, 6.07) is 11.8. The molecule has 0 atom stereocenters. The van der Waals surface area contributed by atoms with Crippen LogP contribution in [0.4, 0.5) is 5.69 Å². The number of aryl methyl sites for hydroxylation is 4. The largest absolute Gasteiger partial charge is 0.493 e. The molecule has 25 heavy (non-hydrogen) atoms. The van der Waals surface area contributed by atoms with Crippen molar-refractivity contribution < 1.29 is 9.84 Å². The number of aromatic hydroxyl groups is 1. The molecule has 0 aliphatic rings. The van der Waals surface area contributed by atoms with E-state index >= 15 is 0 Å². The third-order valence-corrected chi connectivity index (χ3v) is 4.41. The van der Waals surface area contributed by atoms with Crippen LogP contribution in [-0.4, -0.2) is 16.3 Å². The number of para-hydroxylation sites is 1. The summed E-state index contributed by atoms with van der Waals surface area (Å²) < 4.78 is 7.56. The minimum Gasteiger partial charge on any atom is -0.493 e. The molecular weight excluding hydrogens is 316 g/mol. The highest BCUT2D eigenvalue weighted by Crippen LogP contribution is 2.40. The van der Waals surface area contributed by atoms with Crippen LogP contribution in [0.1, 0.15) is 23.1 Å². The van der Waals surface area contributed by atoms with Crippen molar-refractivity contribution >= 4 is 16.6 Å². The summed E-state index contributed by atoms with van der Waals surface area (Å²) in [5.41, 5.74) is 4.11. The second-order valence-corrected chi connectivity index (χ2v) is 6.36. The number of ether oxygens (including phenoxy) is 1. The number of nitrogens with zero attached hydrogens (tertiary/aromatic N) is 2. The fraction of sp³-hybridized carbons (Fsp3) is 0.300. The second-order valence-electron chi connectivity index (χ2n) is 6.36. The Balaban J connectivity index is 1.81. The Bertz CT molecular complexity index is 928. The molecule has 5 heteroatoms. The molecule has 0 radical (unpaired) electrons. The summed E-state index contributed by atoms with van der Waals surface area (Å²) in [6.45, 7) is 7.02. The third-order valence-electron chi connectivity index (χ3n) is 4.41. The van der Waals surface area contributed by atoms with Gasteiger partial charge in [0.1, 0.15) is 5.75 Å². The lowest BCUT2D eigenvalue weighted by molar-refractivity contribution is 0.296. The van der Waals surface area contributed by atoms with E-state index in [0.29, 0.717) is 25.0 Å². The van der Waals surface area contributed by atoms with Gasteiger partial charge in [0.15, 0.2) is 5.69 Å². The Hall–Kier alpha value is -2.82. The zero-order valence-electron chi connectivity index (χ0n) is 14.7. The van der Waals surface area contributed by atoms with Gasteiger partial charge in [-0.1, -0.05) is 29.8 Å². The van der Waals surface area contributed by atoms with Crippen LogP contribution in [0.5, 0.6) is 11.6 Å². The molecule has 1 aromatic heterocycles. The summed E-state index contributed by atoms with van der Waals surface area (Å²) in [7, 11) is 0. The van der Waals surface area contributed by atoms with E-state index in [1.807, 2.05) is 57.2 Å². The summed E-state index contributed by atoms with van der Waals surface area (Å²) >= 11 is 0. The highest BCUT2D eigenvalue weighted by molar-refractivity contribution is 5.97. The first-order valence-corrected chi connectivity index (χ1v) is 8.37. The Morgan fingerprint density at radius 1 is 1.12 bits per heavy atom. The predicted molar refractivity (Wildman–Crippen MR) is 99.8 cm³/mol. The lowest BCUT2D eigenvalue weighted by Crippen LogP contribution is -2.05. The summed E-state index contributed by atoms with van der Waals surface area (Å²) in [5, 5.41) is 14.2. The van der Waals surface area contributed by atoms with Crippen LogP contribution in [0.15, 0.2) is 41.6 Å². The number of fused-ring (bicyclic) bond motifs is 1. The SMILES string of the molecule is Cc1cc(C)c2c(c1)c(N=O)c(O)n2CCCOc1ccccc1C. The fourth-order valence-corrected chi connectivity index (χ4v) is 3.28. The third kappa shape index (κ3) is 3.22. The molecule has 0 unspecified atom stereocenters. The van der Waals surface area contributed by atoms with Crippen molar-refractivity contribution in [2.45, 2.75) is 33.7 Å². The summed E-state index contributed by atoms with van der Waals surface area (Å²) in [4.78, 5) is 11.2. The van der Waals surface area contributed by atoms with Gasteiger partial charge in [0.25, 0.3) is 0 Å². The smallest absolute Gasteiger partial charge is 0.222 e. The van der Waals surface area contributed by atoms with E-state index in [1.165, 1.54) is 0 Å². The van der Waals surface area contributed by atoms with Gasteiger partial charge in [0.2, 0.25) is 5.88 Å². The zero-order valence-corrected chi connectivity index (χ0v) is 14.7. The van der Waals surface area contributed by atoms with E-state index in [0.717, 1.165) is 28.0 Å². The highest BCUT2D eigenvalue weighted by Gasteiger charge is 2.19. The molecule has 1 heterocycles. The number of hydrogen-bond donors (Lipinski definition) is 1. The number of benzene rings is 2. The van der Waals surface area contributed by atoms with Gasteiger partial charge in [-0.05, 0) is 55.6 Å². The quantitative estimate of drug-likeness (QED) is 0.500. The lowest BCUT2D eigenvalue weighted by atomic mass is 10.1. The number of hydrogen-bond acceptors (Lipinski definition) is 4. The van der Waals surface area contributed by atoms with Crippen LogP contribution in [-0.2, 0) is 6.54 Å². The number of aromatic nitrogens is 1. The molecule has 3 aromatic rings. The van der Waals surface area contributed by atoms with Gasteiger partial charge in [0, 0.05) is 11.9 Å². The Kier molecular flexibility index (Phi) is 4.74. The van der Waals surface area contributed by atoms with E-state index in [-0.39, 0.29) is 11.6 Å². The van der Waals surface area contributed by atoms with Crippen LogP contribution in [0.2, 0.25) is 0 Å². The van der Waals surface area contributed by atoms with Crippen LogP contribution in [0.25, 0.3) is 10.9 Å². The molecule has 0 spiro atoms. The predicted octanol–water partition coefficient (Wildman–Crippen LogP) is 5.14. The first-order chi connectivity index (χ1) is 12.0. The topological polar surface area (TPSA) is 63.8 Å². The fourth-order valence-electron chi connectivity index (χ4n) is 3.28. The maximum absolute atomic E-state index is 11.2. The number of nitroso groups, excluding NO2 is 1. The molecule has 0 aliphatic carbocycles. The van der Waals surface area contributed by atoms with Gasteiger partial charge in [-0.2, -0.15) is 0 Å². The van der Waals surface area contributed by atoms with Gasteiger partial charge < -0.3 is 14.4 Å². The normalized spacial score (nSPS) is 11.0. The standard InChI is InChI=1S/C20H22N2O3/c1-13-11-15(3)19-16(12-13)18(21-24)20(23)22(19)9-6-10-25-17-8-5-4-7-14(17)2/h4-5,7-8,11-12,23H,6,9-10H2,1-3H3. The van der Waals surface area contributed by atoms with E-state index < -0.39 is 0 Å². The van der Waals surface area contributed by atoms with Crippen molar-refractivity contribution in [3.8, 4) is 11.6 Å². The average Bonchev–Trinajstić information content (AvgIpc) is 2.84. The van der Waals surface area contributed by atoms with E-state index in [9.17, 15) is 10.0 Å². The second kappa shape index (κ2) is 6.97. The van der Waals surface area contributed by atoms with Crippen molar-refractivity contribution in [3.05, 3.63) is 58.0 Å². The first-order valence-electron chi connectivity index (χ1n) is 8.37. The Labute approximate surface area is 146 Å². The molecule has 130 valence electrons. The average molecular weight is 338 g/mol. The van der Waals surface area contributed by atoms with Crippen molar-refractivity contribution in [1.82, 2.24) is 4.57 Å². The maximum Gasteiger partial charge on any atom is 0.222 e. The van der Waals surface area contributed by atoms with Crippen molar-refractivity contribution in [2.24, 2.45) is 5.18 Å². The molecule has 0 bridgehead atoms. The molecule has 0 saturated heterocycles. The minimum atomic E-state index is -0.0745. The van der Waals surface area contributed by atoms with Gasteiger partial charge in [-0.15, -0.1) is 4.91 Å². The maximum atomic E-state index is 11.2. The lowest BCUT2D eigenvalue weighted by Gasteiger charge is -2.11. The van der Waals surface area contributed by atoms with Crippen LogP contribution in [0.3, 0.4) is 0 Å². The molecule has 0 fully saturated rings. The first kappa shape index (κ1) is 17.0. The van der Waals surface area contributed by atoms with Crippen LogP contribution >= 0.6 is 0 Å². The van der Waals surface area contributed by atoms with Gasteiger partial charge in [-0.3, -0.25) is 0 Å². The summed E-state index contributed by atoms with van der Waals surface area (Å²) in [6.07, 6.45) is 0.706. The highest BCUT2D eigenvalue weighted by atomic mass is 16.5. The van der Waals surface area contributed by atoms with E-state index in [4.69, 9.17) is 4.74 Å². The van der Waals surface area contributed by atoms with Crippen molar-refractivity contribution in [2.75, 3.05) is 6.61 Å². The zero-order chi connectivity index (χ0) is 18.0. The molecule has 0 aliphatic heterocycles. The molecule has 3 rings (SSSR count). The molecular formula is C20H22N2O3. The Morgan fingerprint density at radius 3 is 2.60 bits per heavy atom. The van der Waals surface area contributed by atoms with Gasteiger partial charge in [-0.25, -0.2) is 0 Å².